The summed E-state index contributed by atoms with van der Waals surface area (Å²) in [6.07, 6.45) is 5.11. The Labute approximate surface area is 91.6 Å². The van der Waals surface area contributed by atoms with Crippen LogP contribution in [-0.2, 0) is 4.79 Å². The summed E-state index contributed by atoms with van der Waals surface area (Å²) in [5.41, 5.74) is 0.501. The standard InChI is InChI=1S/C12H21NO2/c1-3-10(12(14)15)6-7-13-8-9(2)11-4-5-11/h6,9,11,13H,3-5,7-8H2,1-2H3,(H,14,15). The minimum Gasteiger partial charge on any atom is -0.478 e. The highest BCUT2D eigenvalue weighted by atomic mass is 16.4. The predicted octanol–water partition coefficient (Wildman–Crippen LogP) is 2.04. The fourth-order valence-corrected chi connectivity index (χ4v) is 1.72. The molecule has 1 aliphatic carbocycles. The molecule has 0 bridgehead atoms. The van der Waals surface area contributed by atoms with Crippen molar-refractivity contribution in [1.29, 1.82) is 0 Å². The Kier molecular flexibility index (Phi) is 4.82. The van der Waals surface area contributed by atoms with Crippen LogP contribution in [0.25, 0.3) is 0 Å². The van der Waals surface area contributed by atoms with E-state index in [0.29, 0.717) is 18.5 Å². The Morgan fingerprint density at radius 3 is 2.73 bits per heavy atom. The van der Waals surface area contributed by atoms with Crippen LogP contribution < -0.4 is 5.32 Å². The first-order valence-corrected chi connectivity index (χ1v) is 5.78. The number of nitrogens with one attached hydrogen (secondary N) is 1. The van der Waals surface area contributed by atoms with Crippen LogP contribution in [0.3, 0.4) is 0 Å². The van der Waals surface area contributed by atoms with Gasteiger partial charge in [0.25, 0.3) is 0 Å². The van der Waals surface area contributed by atoms with Crippen molar-refractivity contribution in [2.24, 2.45) is 11.8 Å². The Morgan fingerprint density at radius 1 is 1.60 bits per heavy atom. The van der Waals surface area contributed by atoms with Gasteiger partial charge in [0.05, 0.1) is 0 Å². The molecule has 1 aliphatic rings. The molecule has 0 radical (unpaired) electrons. The van der Waals surface area contributed by atoms with Crippen LogP contribution in [0, 0.1) is 11.8 Å². The van der Waals surface area contributed by atoms with E-state index in [2.05, 4.69) is 12.2 Å². The Hall–Kier alpha value is -0.830. The molecule has 0 amide bonds. The zero-order valence-electron chi connectivity index (χ0n) is 9.62. The van der Waals surface area contributed by atoms with E-state index < -0.39 is 5.97 Å². The third kappa shape index (κ3) is 4.47. The lowest BCUT2D eigenvalue weighted by atomic mass is 10.1. The minimum atomic E-state index is -0.797. The molecule has 3 nitrogen and oxygen atoms in total. The molecule has 0 saturated heterocycles. The normalized spacial score (nSPS) is 18.9. The second-order valence-electron chi connectivity index (χ2n) is 4.36. The van der Waals surface area contributed by atoms with Gasteiger partial charge in [-0.3, -0.25) is 0 Å². The molecule has 0 spiro atoms. The van der Waals surface area contributed by atoms with Crippen molar-refractivity contribution in [1.82, 2.24) is 5.32 Å². The van der Waals surface area contributed by atoms with Crippen molar-refractivity contribution >= 4 is 5.97 Å². The lowest BCUT2D eigenvalue weighted by molar-refractivity contribution is -0.132. The molecule has 0 aromatic rings. The van der Waals surface area contributed by atoms with Crippen molar-refractivity contribution in [3.8, 4) is 0 Å². The number of carbonyl (C=O) groups is 1. The molecule has 0 aromatic carbocycles. The fraction of sp³-hybridized carbons (Fsp3) is 0.750. The predicted molar refractivity (Wildman–Crippen MR) is 60.8 cm³/mol. The Bertz CT molecular complexity index is 244. The summed E-state index contributed by atoms with van der Waals surface area (Å²) < 4.78 is 0. The highest BCUT2D eigenvalue weighted by Crippen LogP contribution is 2.35. The van der Waals surface area contributed by atoms with E-state index in [1.165, 1.54) is 12.8 Å². The Balaban J connectivity index is 2.15. The van der Waals surface area contributed by atoms with E-state index in [0.717, 1.165) is 18.4 Å². The van der Waals surface area contributed by atoms with Gasteiger partial charge in [0, 0.05) is 12.1 Å². The average Bonchev–Trinajstić information content (AvgIpc) is 3.00. The zero-order valence-corrected chi connectivity index (χ0v) is 9.62. The molecule has 1 saturated carbocycles. The maximum absolute atomic E-state index is 10.7. The molecule has 3 heteroatoms. The smallest absolute Gasteiger partial charge is 0.331 e. The van der Waals surface area contributed by atoms with Gasteiger partial charge in [0.1, 0.15) is 0 Å². The molecule has 1 fully saturated rings. The molecular formula is C12H21NO2. The average molecular weight is 211 g/mol. The summed E-state index contributed by atoms with van der Waals surface area (Å²) in [5.74, 6) is 0.842. The van der Waals surface area contributed by atoms with Crippen molar-refractivity contribution in [3.63, 3.8) is 0 Å². The molecular weight excluding hydrogens is 190 g/mol. The highest BCUT2D eigenvalue weighted by Gasteiger charge is 2.27. The van der Waals surface area contributed by atoms with E-state index in [9.17, 15) is 4.79 Å². The van der Waals surface area contributed by atoms with Crippen LogP contribution in [0.1, 0.15) is 33.1 Å². The number of aliphatic carboxylic acids is 1. The van der Waals surface area contributed by atoms with Gasteiger partial charge in [-0.25, -0.2) is 4.79 Å². The van der Waals surface area contributed by atoms with E-state index in [1.54, 1.807) is 6.08 Å². The van der Waals surface area contributed by atoms with Crippen LogP contribution in [0.15, 0.2) is 11.6 Å². The lowest BCUT2D eigenvalue weighted by Gasteiger charge is -2.09. The first-order chi connectivity index (χ1) is 7.15. The summed E-state index contributed by atoms with van der Waals surface area (Å²) in [5, 5.41) is 12.1. The summed E-state index contributed by atoms with van der Waals surface area (Å²) >= 11 is 0. The van der Waals surface area contributed by atoms with Gasteiger partial charge in [0.2, 0.25) is 0 Å². The quantitative estimate of drug-likeness (QED) is 0.500. The van der Waals surface area contributed by atoms with Gasteiger partial charge in [-0.1, -0.05) is 19.9 Å². The summed E-state index contributed by atoms with van der Waals surface area (Å²) in [4.78, 5) is 10.7. The second-order valence-corrected chi connectivity index (χ2v) is 4.36. The third-order valence-corrected chi connectivity index (χ3v) is 3.04. The number of rotatable bonds is 7. The van der Waals surface area contributed by atoms with Crippen molar-refractivity contribution in [2.45, 2.75) is 33.1 Å². The van der Waals surface area contributed by atoms with Crippen molar-refractivity contribution < 1.29 is 9.90 Å². The van der Waals surface area contributed by atoms with Gasteiger partial charge in [-0.15, -0.1) is 0 Å². The summed E-state index contributed by atoms with van der Waals surface area (Å²) in [7, 11) is 0. The topological polar surface area (TPSA) is 49.3 Å². The van der Waals surface area contributed by atoms with Crippen molar-refractivity contribution in [2.75, 3.05) is 13.1 Å². The van der Waals surface area contributed by atoms with Crippen molar-refractivity contribution in [3.05, 3.63) is 11.6 Å². The van der Waals surface area contributed by atoms with E-state index in [-0.39, 0.29) is 0 Å². The maximum atomic E-state index is 10.7. The number of carboxylic acids is 1. The van der Waals surface area contributed by atoms with Crippen LogP contribution >= 0.6 is 0 Å². The number of carboxylic acid groups (broad SMARTS) is 1. The van der Waals surface area contributed by atoms with E-state index in [4.69, 9.17) is 5.11 Å². The third-order valence-electron chi connectivity index (χ3n) is 3.04. The molecule has 86 valence electrons. The number of hydrogen-bond donors (Lipinski definition) is 2. The highest BCUT2D eigenvalue weighted by molar-refractivity contribution is 5.86. The van der Waals surface area contributed by atoms with Crippen LogP contribution in [0.4, 0.5) is 0 Å². The maximum Gasteiger partial charge on any atom is 0.331 e. The minimum absolute atomic E-state index is 0.501. The molecule has 0 aromatic heterocycles. The largest absolute Gasteiger partial charge is 0.478 e. The zero-order chi connectivity index (χ0) is 11.3. The first-order valence-electron chi connectivity index (χ1n) is 5.78. The summed E-state index contributed by atoms with van der Waals surface area (Å²) in [6.45, 7) is 5.80. The van der Waals surface area contributed by atoms with Crippen LogP contribution in [-0.4, -0.2) is 24.2 Å². The fourth-order valence-electron chi connectivity index (χ4n) is 1.72. The van der Waals surface area contributed by atoms with Gasteiger partial charge in [0.15, 0.2) is 0 Å². The molecule has 0 heterocycles. The van der Waals surface area contributed by atoms with E-state index in [1.807, 2.05) is 6.92 Å². The number of hydrogen-bond acceptors (Lipinski definition) is 2. The lowest BCUT2D eigenvalue weighted by Crippen LogP contribution is -2.22. The monoisotopic (exact) mass is 211 g/mol. The molecule has 15 heavy (non-hydrogen) atoms. The van der Waals surface area contributed by atoms with Crippen LogP contribution in [0.2, 0.25) is 0 Å². The van der Waals surface area contributed by atoms with Gasteiger partial charge in [-0.2, -0.15) is 0 Å². The SMILES string of the molecule is CCC(=CCNCC(C)C1CC1)C(=O)O. The Morgan fingerprint density at radius 2 is 2.27 bits per heavy atom. The molecule has 1 unspecified atom stereocenters. The van der Waals surface area contributed by atoms with Gasteiger partial charge < -0.3 is 10.4 Å². The molecule has 1 atom stereocenters. The van der Waals surface area contributed by atoms with E-state index >= 15 is 0 Å². The second kappa shape index (κ2) is 5.91. The molecule has 2 N–H and O–H groups in total. The summed E-state index contributed by atoms with van der Waals surface area (Å²) in [6, 6.07) is 0. The first kappa shape index (κ1) is 12.2. The molecule has 1 rings (SSSR count). The molecule has 0 aliphatic heterocycles. The van der Waals surface area contributed by atoms with Gasteiger partial charge >= 0.3 is 5.97 Å². The van der Waals surface area contributed by atoms with Crippen LogP contribution in [0.5, 0.6) is 0 Å². The van der Waals surface area contributed by atoms with Gasteiger partial charge in [-0.05, 0) is 37.6 Å².